The Kier molecular flexibility index (Phi) is 49.1. The highest BCUT2D eigenvalue weighted by molar-refractivity contribution is 5.71. The normalized spacial score (nSPS) is 12.0. The summed E-state index contributed by atoms with van der Waals surface area (Å²) < 4.78 is 16.9. The van der Waals surface area contributed by atoms with Crippen molar-refractivity contribution in [3.05, 3.63) is 0 Å². The van der Waals surface area contributed by atoms with Crippen molar-refractivity contribution in [2.45, 2.75) is 323 Å². The van der Waals surface area contributed by atoms with Gasteiger partial charge in [-0.3, -0.25) is 14.4 Å². The van der Waals surface area contributed by atoms with E-state index in [4.69, 9.17) is 14.2 Å². The molecule has 0 amide bonds. The molecule has 0 aromatic rings. The number of hydrogen-bond donors (Lipinski definition) is 0. The molecule has 0 aromatic carbocycles. The highest BCUT2D eigenvalue weighted by Gasteiger charge is 2.19. The summed E-state index contributed by atoms with van der Waals surface area (Å²) in [5.74, 6) is 0.000817. The molecule has 1 atom stereocenters. The predicted octanol–water partition coefficient (Wildman–Crippen LogP) is 18.2. The number of esters is 3. The first kappa shape index (κ1) is 60.4. The summed E-state index contributed by atoms with van der Waals surface area (Å²) in [6.45, 7) is 9.05. The maximum atomic E-state index is 12.8. The van der Waals surface area contributed by atoms with Crippen molar-refractivity contribution in [3.8, 4) is 0 Å². The maximum Gasteiger partial charge on any atom is 0.306 e. The van der Waals surface area contributed by atoms with Crippen molar-refractivity contribution in [2.75, 3.05) is 13.2 Å². The average molecular weight is 877 g/mol. The van der Waals surface area contributed by atoms with Gasteiger partial charge < -0.3 is 14.2 Å². The summed E-state index contributed by atoms with van der Waals surface area (Å²) in [5, 5.41) is 0. The van der Waals surface area contributed by atoms with Crippen molar-refractivity contribution >= 4 is 17.9 Å². The van der Waals surface area contributed by atoms with Crippen LogP contribution < -0.4 is 0 Å². The third-order valence-corrected chi connectivity index (χ3v) is 12.8. The van der Waals surface area contributed by atoms with Crippen LogP contribution in [-0.4, -0.2) is 37.2 Å². The Bertz CT molecular complexity index is 933. The summed E-state index contributed by atoms with van der Waals surface area (Å²) in [5.41, 5.74) is 0. The van der Waals surface area contributed by atoms with Crippen molar-refractivity contribution in [1.29, 1.82) is 0 Å². The minimum Gasteiger partial charge on any atom is -0.462 e. The van der Waals surface area contributed by atoms with E-state index >= 15 is 0 Å². The zero-order valence-electron chi connectivity index (χ0n) is 42.3. The van der Waals surface area contributed by atoms with Crippen molar-refractivity contribution in [1.82, 2.24) is 0 Å². The molecule has 0 N–H and O–H groups in total. The first-order valence-corrected chi connectivity index (χ1v) is 27.9. The second kappa shape index (κ2) is 50.4. The van der Waals surface area contributed by atoms with Crippen LogP contribution in [0.15, 0.2) is 0 Å². The van der Waals surface area contributed by atoms with E-state index in [9.17, 15) is 14.4 Å². The van der Waals surface area contributed by atoms with Crippen LogP contribution in [0.2, 0.25) is 0 Å². The average Bonchev–Trinajstić information content (AvgIpc) is 3.26. The van der Waals surface area contributed by atoms with Crippen molar-refractivity contribution in [3.63, 3.8) is 0 Å². The molecule has 0 aliphatic carbocycles. The van der Waals surface area contributed by atoms with Crippen LogP contribution in [0.4, 0.5) is 0 Å². The Morgan fingerprint density at radius 3 is 0.790 bits per heavy atom. The van der Waals surface area contributed by atoms with Crippen LogP contribution in [0.1, 0.15) is 317 Å². The van der Waals surface area contributed by atoms with Gasteiger partial charge >= 0.3 is 17.9 Å². The number of rotatable bonds is 51. The number of carbonyl (C=O) groups excluding carboxylic acids is 3. The highest BCUT2D eigenvalue weighted by atomic mass is 16.6. The number of unbranched alkanes of at least 4 members (excludes halogenated alkanes) is 38. The molecule has 0 aromatic heterocycles. The van der Waals surface area contributed by atoms with Crippen LogP contribution >= 0.6 is 0 Å². The summed E-state index contributed by atoms with van der Waals surface area (Å²) in [4.78, 5) is 38.0. The van der Waals surface area contributed by atoms with Crippen LogP contribution in [0.5, 0.6) is 0 Å². The molecular weight excluding hydrogens is 769 g/mol. The second-order valence-corrected chi connectivity index (χ2v) is 19.7. The van der Waals surface area contributed by atoms with Crippen molar-refractivity contribution < 1.29 is 28.6 Å². The van der Waals surface area contributed by atoms with E-state index in [0.29, 0.717) is 19.3 Å². The van der Waals surface area contributed by atoms with E-state index in [-0.39, 0.29) is 31.1 Å². The Hall–Kier alpha value is -1.59. The summed E-state index contributed by atoms with van der Waals surface area (Å²) in [7, 11) is 0. The number of carbonyl (C=O) groups is 3. The molecule has 0 radical (unpaired) electrons. The molecule has 0 aliphatic rings. The molecule has 0 heterocycles. The molecule has 0 aliphatic heterocycles. The first-order valence-electron chi connectivity index (χ1n) is 27.9. The van der Waals surface area contributed by atoms with E-state index < -0.39 is 6.10 Å². The molecule has 0 bridgehead atoms. The summed E-state index contributed by atoms with van der Waals surface area (Å²) >= 11 is 0. The Balaban J connectivity index is 4.27. The van der Waals surface area contributed by atoms with E-state index in [2.05, 4.69) is 27.7 Å². The van der Waals surface area contributed by atoms with Gasteiger partial charge in [0, 0.05) is 19.3 Å². The summed E-state index contributed by atoms with van der Waals surface area (Å²) in [6, 6.07) is 0. The molecule has 62 heavy (non-hydrogen) atoms. The van der Waals surface area contributed by atoms with E-state index in [1.54, 1.807) is 0 Å². The SMILES string of the molecule is CCCCCCCCCCCCCCCCCCCC(=O)O[C@H](COC(=O)CCCCCCCCCCCCC)COC(=O)CCCCCCCCCCCCCCCC(C)C. The molecule has 0 rings (SSSR count). The third kappa shape index (κ3) is 49.4. The lowest BCUT2D eigenvalue weighted by Crippen LogP contribution is -2.30. The molecule has 6 heteroatoms. The highest BCUT2D eigenvalue weighted by Crippen LogP contribution is 2.18. The lowest BCUT2D eigenvalue weighted by molar-refractivity contribution is -0.167. The molecule has 6 nitrogen and oxygen atoms in total. The predicted molar refractivity (Wildman–Crippen MR) is 266 cm³/mol. The van der Waals surface area contributed by atoms with Gasteiger partial charge in [-0.05, 0) is 25.2 Å². The van der Waals surface area contributed by atoms with Gasteiger partial charge in [0.05, 0.1) is 0 Å². The minimum absolute atomic E-state index is 0.0622. The molecule has 0 unspecified atom stereocenters. The van der Waals surface area contributed by atoms with Gasteiger partial charge in [0.15, 0.2) is 6.10 Å². The fraction of sp³-hybridized carbons (Fsp3) is 0.946. The van der Waals surface area contributed by atoms with Crippen LogP contribution in [-0.2, 0) is 28.6 Å². The first-order chi connectivity index (χ1) is 30.4. The lowest BCUT2D eigenvalue weighted by atomic mass is 10.0. The van der Waals surface area contributed by atoms with Gasteiger partial charge in [-0.15, -0.1) is 0 Å². The lowest BCUT2D eigenvalue weighted by Gasteiger charge is -2.18. The number of hydrogen-bond acceptors (Lipinski definition) is 6. The zero-order chi connectivity index (χ0) is 45.2. The Morgan fingerprint density at radius 2 is 0.532 bits per heavy atom. The fourth-order valence-electron chi connectivity index (χ4n) is 8.57. The molecule has 368 valence electrons. The van der Waals surface area contributed by atoms with Crippen LogP contribution in [0.3, 0.4) is 0 Å². The van der Waals surface area contributed by atoms with Crippen LogP contribution in [0.25, 0.3) is 0 Å². The van der Waals surface area contributed by atoms with E-state index in [1.807, 2.05) is 0 Å². The topological polar surface area (TPSA) is 78.9 Å². The zero-order valence-corrected chi connectivity index (χ0v) is 42.3. The molecule has 0 saturated heterocycles. The third-order valence-electron chi connectivity index (χ3n) is 12.8. The van der Waals surface area contributed by atoms with Gasteiger partial charge in [-0.1, -0.05) is 278 Å². The fourth-order valence-corrected chi connectivity index (χ4v) is 8.57. The van der Waals surface area contributed by atoms with E-state index in [0.717, 1.165) is 63.7 Å². The molecular formula is C56H108O6. The quantitative estimate of drug-likeness (QED) is 0.0344. The summed E-state index contributed by atoms with van der Waals surface area (Å²) in [6.07, 6.45) is 53.7. The largest absolute Gasteiger partial charge is 0.462 e. The van der Waals surface area contributed by atoms with E-state index in [1.165, 1.54) is 212 Å². The smallest absolute Gasteiger partial charge is 0.306 e. The van der Waals surface area contributed by atoms with Gasteiger partial charge in [0.25, 0.3) is 0 Å². The van der Waals surface area contributed by atoms with Gasteiger partial charge in [-0.25, -0.2) is 0 Å². The van der Waals surface area contributed by atoms with Gasteiger partial charge in [0.1, 0.15) is 13.2 Å². The Morgan fingerprint density at radius 1 is 0.306 bits per heavy atom. The number of ether oxygens (including phenoxy) is 3. The van der Waals surface area contributed by atoms with Gasteiger partial charge in [0.2, 0.25) is 0 Å². The molecule has 0 saturated carbocycles. The monoisotopic (exact) mass is 877 g/mol. The van der Waals surface area contributed by atoms with Crippen molar-refractivity contribution in [2.24, 2.45) is 5.92 Å². The second-order valence-electron chi connectivity index (χ2n) is 19.7. The standard InChI is InChI=1S/C56H108O6/c1-5-7-9-11-13-15-17-18-19-20-21-24-29-33-37-41-45-49-56(59)62-53(50-60-54(57)47-43-39-35-31-26-16-14-12-10-8-6-2)51-61-55(58)48-44-40-36-32-28-25-22-23-27-30-34-38-42-46-52(3)4/h52-53H,5-51H2,1-4H3/t53-/m1/s1. The van der Waals surface area contributed by atoms with Gasteiger partial charge in [-0.2, -0.15) is 0 Å². The van der Waals surface area contributed by atoms with Crippen LogP contribution in [0, 0.1) is 5.92 Å². The maximum absolute atomic E-state index is 12.8. The minimum atomic E-state index is -0.761. The molecule has 0 spiro atoms. The molecule has 0 fully saturated rings. The Labute approximate surface area is 387 Å².